The van der Waals surface area contributed by atoms with Crippen LogP contribution in [-0.2, 0) is 6.42 Å². The summed E-state index contributed by atoms with van der Waals surface area (Å²) in [5.41, 5.74) is 1.36. The van der Waals surface area contributed by atoms with Gasteiger partial charge in [-0.2, -0.15) is 0 Å². The normalized spacial score (nSPS) is 10.0. The summed E-state index contributed by atoms with van der Waals surface area (Å²) < 4.78 is 16.3. The summed E-state index contributed by atoms with van der Waals surface area (Å²) in [4.78, 5) is 12.4. The summed E-state index contributed by atoms with van der Waals surface area (Å²) in [5, 5.41) is 2.84. The number of hydrogen-bond acceptors (Lipinski definition) is 4. The van der Waals surface area contributed by atoms with Crippen molar-refractivity contribution in [1.29, 1.82) is 0 Å². The van der Waals surface area contributed by atoms with Gasteiger partial charge in [-0.05, 0) is 30.7 Å². The van der Waals surface area contributed by atoms with Crippen LogP contribution in [0, 0.1) is 0 Å². The third kappa shape index (κ3) is 5.01. The van der Waals surface area contributed by atoms with Gasteiger partial charge < -0.3 is 19.5 Å². The van der Waals surface area contributed by atoms with Gasteiger partial charge in [0, 0.05) is 11.1 Å². The molecule has 0 fully saturated rings. The van der Waals surface area contributed by atoms with Gasteiger partial charge in [0.2, 0.25) is 0 Å². The largest absolute Gasteiger partial charge is 0.493 e. The van der Waals surface area contributed by atoms with Crippen LogP contribution < -0.4 is 19.5 Å². The zero-order valence-corrected chi connectivity index (χ0v) is 14.6. The summed E-state index contributed by atoms with van der Waals surface area (Å²) in [7, 11) is 3.12. The quantitative estimate of drug-likeness (QED) is 0.562. The van der Waals surface area contributed by atoms with Crippen molar-refractivity contribution >= 4 is 5.91 Å². The second kappa shape index (κ2) is 9.37. The average molecular weight is 341 g/mol. The molecule has 132 valence electrons. The van der Waals surface area contributed by atoms with Crippen molar-refractivity contribution in [3.63, 3.8) is 0 Å². The number of ether oxygens (including phenoxy) is 3. The molecular weight excluding hydrogens is 318 g/mol. The predicted octanol–water partition coefficient (Wildman–Crippen LogP) is 3.24. The third-order valence-electron chi connectivity index (χ3n) is 3.58. The molecule has 5 nitrogen and oxygen atoms in total. The Balaban J connectivity index is 2.00. The van der Waals surface area contributed by atoms with E-state index in [1.165, 1.54) is 0 Å². The number of para-hydroxylation sites is 1. The Morgan fingerprint density at radius 1 is 1.16 bits per heavy atom. The molecule has 0 saturated heterocycles. The minimum atomic E-state index is -0.192. The number of allylic oxidation sites excluding steroid dienone is 1. The van der Waals surface area contributed by atoms with Crippen LogP contribution in [0.4, 0.5) is 0 Å². The summed E-state index contributed by atoms with van der Waals surface area (Å²) in [6.07, 6.45) is 2.34. The smallest absolute Gasteiger partial charge is 0.251 e. The fraction of sp³-hybridized carbons (Fsp3) is 0.250. The van der Waals surface area contributed by atoms with E-state index < -0.39 is 0 Å². The zero-order chi connectivity index (χ0) is 18.1. The van der Waals surface area contributed by atoms with Gasteiger partial charge in [0.25, 0.3) is 5.91 Å². The fourth-order valence-corrected chi connectivity index (χ4v) is 2.43. The van der Waals surface area contributed by atoms with E-state index >= 15 is 0 Å². The molecule has 1 amide bonds. The van der Waals surface area contributed by atoms with Gasteiger partial charge in [0.15, 0.2) is 11.5 Å². The van der Waals surface area contributed by atoms with Crippen LogP contribution >= 0.6 is 0 Å². The summed E-state index contributed by atoms with van der Waals surface area (Å²) >= 11 is 0. The van der Waals surface area contributed by atoms with Gasteiger partial charge in [-0.15, -0.1) is 6.58 Å². The maximum Gasteiger partial charge on any atom is 0.251 e. The summed E-state index contributed by atoms with van der Waals surface area (Å²) in [5.74, 6) is 1.72. The maximum absolute atomic E-state index is 12.4. The molecule has 2 aromatic carbocycles. The van der Waals surface area contributed by atoms with E-state index in [0.717, 1.165) is 11.3 Å². The highest BCUT2D eigenvalue weighted by Crippen LogP contribution is 2.33. The van der Waals surface area contributed by atoms with E-state index in [-0.39, 0.29) is 5.91 Å². The van der Waals surface area contributed by atoms with Crippen LogP contribution in [0.5, 0.6) is 17.2 Å². The van der Waals surface area contributed by atoms with Gasteiger partial charge in [0.1, 0.15) is 12.4 Å². The first-order chi connectivity index (χ1) is 12.2. The summed E-state index contributed by atoms with van der Waals surface area (Å²) in [6.45, 7) is 4.53. The molecule has 0 heterocycles. The molecular formula is C20H23NO4. The monoisotopic (exact) mass is 341 g/mol. The molecule has 1 N–H and O–H groups in total. The highest BCUT2D eigenvalue weighted by Gasteiger charge is 2.15. The number of carbonyl (C=O) groups excluding carboxylic acids is 1. The first-order valence-corrected chi connectivity index (χ1v) is 8.01. The second-order valence-corrected chi connectivity index (χ2v) is 5.28. The van der Waals surface area contributed by atoms with Crippen molar-refractivity contribution in [2.24, 2.45) is 0 Å². The van der Waals surface area contributed by atoms with Crippen molar-refractivity contribution in [3.05, 3.63) is 66.2 Å². The van der Waals surface area contributed by atoms with Gasteiger partial charge >= 0.3 is 0 Å². The van der Waals surface area contributed by atoms with Gasteiger partial charge in [0.05, 0.1) is 20.8 Å². The molecule has 0 unspecified atom stereocenters. The Hall–Kier alpha value is -2.95. The number of hydrogen-bond donors (Lipinski definition) is 1. The Labute approximate surface area is 148 Å². The second-order valence-electron chi connectivity index (χ2n) is 5.28. The molecule has 2 rings (SSSR count). The molecule has 2 aromatic rings. The molecule has 0 saturated carbocycles. The highest BCUT2D eigenvalue weighted by atomic mass is 16.5. The average Bonchev–Trinajstić information content (AvgIpc) is 2.65. The zero-order valence-electron chi connectivity index (χ0n) is 14.6. The molecule has 0 aliphatic rings. The summed E-state index contributed by atoms with van der Waals surface area (Å²) in [6, 6.07) is 12.9. The number of nitrogens with one attached hydrogen (secondary N) is 1. The molecule has 0 aliphatic carbocycles. The van der Waals surface area contributed by atoms with Gasteiger partial charge in [-0.3, -0.25) is 4.79 Å². The molecule has 0 radical (unpaired) electrons. The van der Waals surface area contributed by atoms with E-state index in [9.17, 15) is 4.79 Å². The van der Waals surface area contributed by atoms with Gasteiger partial charge in [-0.25, -0.2) is 0 Å². The standard InChI is InChI=1S/C20H23NO4/c1-4-8-15-13-16(14-18(23-2)19(15)24-3)20(22)21-11-12-25-17-9-6-5-7-10-17/h4-7,9-10,13-14H,1,8,11-12H2,2-3H3,(H,21,22). The van der Waals surface area contributed by atoms with Crippen molar-refractivity contribution in [2.45, 2.75) is 6.42 Å². The van der Waals surface area contributed by atoms with Crippen LogP contribution in [0.2, 0.25) is 0 Å². The van der Waals surface area contributed by atoms with E-state index in [2.05, 4.69) is 11.9 Å². The minimum absolute atomic E-state index is 0.192. The van der Waals surface area contributed by atoms with Gasteiger partial charge in [-0.1, -0.05) is 24.3 Å². The lowest BCUT2D eigenvalue weighted by atomic mass is 10.0. The van der Waals surface area contributed by atoms with E-state index in [1.807, 2.05) is 30.3 Å². The number of carbonyl (C=O) groups is 1. The highest BCUT2D eigenvalue weighted by molar-refractivity contribution is 5.95. The van der Waals surface area contributed by atoms with E-state index in [1.54, 1.807) is 32.4 Å². The maximum atomic E-state index is 12.4. The van der Waals surface area contributed by atoms with Crippen molar-refractivity contribution in [1.82, 2.24) is 5.32 Å². The SMILES string of the molecule is C=CCc1cc(C(=O)NCCOc2ccccc2)cc(OC)c1OC. The Morgan fingerprint density at radius 2 is 1.92 bits per heavy atom. The van der Waals surface area contributed by atoms with Crippen molar-refractivity contribution < 1.29 is 19.0 Å². The number of benzene rings is 2. The topological polar surface area (TPSA) is 56.8 Å². The third-order valence-corrected chi connectivity index (χ3v) is 3.58. The van der Waals surface area contributed by atoms with E-state index in [0.29, 0.717) is 36.6 Å². The molecule has 0 spiro atoms. The van der Waals surface area contributed by atoms with Crippen LogP contribution in [-0.4, -0.2) is 33.3 Å². The van der Waals surface area contributed by atoms with Crippen LogP contribution in [0.25, 0.3) is 0 Å². The number of rotatable bonds is 9. The molecule has 0 bridgehead atoms. The van der Waals surface area contributed by atoms with Crippen molar-refractivity contribution in [2.75, 3.05) is 27.4 Å². The first-order valence-electron chi connectivity index (χ1n) is 8.01. The molecule has 0 atom stereocenters. The van der Waals surface area contributed by atoms with Crippen molar-refractivity contribution in [3.8, 4) is 17.2 Å². The Morgan fingerprint density at radius 3 is 2.56 bits per heavy atom. The lowest BCUT2D eigenvalue weighted by Gasteiger charge is -2.14. The van der Waals surface area contributed by atoms with Crippen LogP contribution in [0.1, 0.15) is 15.9 Å². The molecule has 5 heteroatoms. The molecule has 0 aliphatic heterocycles. The molecule has 25 heavy (non-hydrogen) atoms. The lowest BCUT2D eigenvalue weighted by molar-refractivity contribution is 0.0946. The number of methoxy groups -OCH3 is 2. The minimum Gasteiger partial charge on any atom is -0.493 e. The van der Waals surface area contributed by atoms with Crippen LogP contribution in [0.15, 0.2) is 55.1 Å². The first kappa shape index (κ1) is 18.4. The molecule has 0 aromatic heterocycles. The Kier molecular flexibility index (Phi) is 6.89. The lowest BCUT2D eigenvalue weighted by Crippen LogP contribution is -2.28. The number of amides is 1. The van der Waals surface area contributed by atoms with Crippen LogP contribution in [0.3, 0.4) is 0 Å². The fourth-order valence-electron chi connectivity index (χ4n) is 2.43. The van der Waals surface area contributed by atoms with E-state index in [4.69, 9.17) is 14.2 Å². The Bertz CT molecular complexity index is 713. The predicted molar refractivity (Wildman–Crippen MR) is 97.7 cm³/mol.